The Balaban J connectivity index is 1.82. The van der Waals surface area contributed by atoms with Crippen LogP contribution in [0.5, 0.6) is 0 Å². The summed E-state index contributed by atoms with van der Waals surface area (Å²) in [7, 11) is 0. The Morgan fingerprint density at radius 1 is 1.09 bits per heavy atom. The van der Waals surface area contributed by atoms with Crippen molar-refractivity contribution in [1.29, 1.82) is 0 Å². The second-order valence-electron chi connectivity index (χ2n) is 4.92. The maximum atomic E-state index is 12.5. The molecule has 0 N–H and O–H groups in total. The lowest BCUT2D eigenvalue weighted by molar-refractivity contribution is -0.123. The first-order valence-corrected chi connectivity index (χ1v) is 9.06. The first kappa shape index (κ1) is 16.5. The monoisotopic (exact) mass is 455 g/mol. The van der Waals surface area contributed by atoms with Crippen molar-refractivity contribution in [3.8, 4) is 0 Å². The van der Waals surface area contributed by atoms with Crippen LogP contribution in [0, 0.1) is 3.57 Å². The number of carbonyl (C=O) groups excluding carboxylic acids is 2. The minimum atomic E-state index is -0.279. The van der Waals surface area contributed by atoms with Gasteiger partial charge in [-0.2, -0.15) is 0 Å². The van der Waals surface area contributed by atoms with Gasteiger partial charge in [0, 0.05) is 8.59 Å². The van der Waals surface area contributed by atoms with Gasteiger partial charge >= 0.3 is 0 Å². The molecule has 0 spiro atoms. The molecule has 0 radical (unpaired) electrons. The lowest BCUT2D eigenvalue weighted by Crippen LogP contribution is -2.27. The number of carbonyl (C=O) groups is 2. The van der Waals surface area contributed by atoms with Gasteiger partial charge in [-0.05, 0) is 69.8 Å². The van der Waals surface area contributed by atoms with Crippen LogP contribution < -0.4 is 0 Å². The summed E-state index contributed by atoms with van der Waals surface area (Å²) in [5.74, 6) is -0.279. The number of hydrogen-bond donors (Lipinski definition) is 0. The highest BCUT2D eigenvalue weighted by Crippen LogP contribution is 2.34. The van der Waals surface area contributed by atoms with Gasteiger partial charge in [0.1, 0.15) is 0 Å². The number of halogens is 2. The molecule has 0 aliphatic carbocycles. The normalized spacial score (nSPS) is 16.4. The molecule has 1 saturated heterocycles. The van der Waals surface area contributed by atoms with E-state index in [1.165, 1.54) is 4.90 Å². The van der Waals surface area contributed by atoms with E-state index in [-0.39, 0.29) is 17.7 Å². The minimum absolute atomic E-state index is 0.258. The van der Waals surface area contributed by atoms with Gasteiger partial charge in [0.25, 0.3) is 11.1 Å². The number of thioether (sulfide) groups is 1. The molecule has 3 rings (SSSR count). The first-order valence-electron chi connectivity index (χ1n) is 6.79. The van der Waals surface area contributed by atoms with E-state index in [2.05, 4.69) is 22.6 Å². The van der Waals surface area contributed by atoms with Crippen molar-refractivity contribution in [2.24, 2.45) is 0 Å². The van der Waals surface area contributed by atoms with Crippen molar-refractivity contribution in [3.05, 3.63) is 73.2 Å². The van der Waals surface area contributed by atoms with Crippen molar-refractivity contribution in [1.82, 2.24) is 4.90 Å². The molecule has 0 atom stereocenters. The standard InChI is InChI=1S/C17H11ClINO2S/c18-14-4-2-1-3-12(14)9-15-16(21)20(17(22)23-15)10-11-5-7-13(19)8-6-11/h1-9H,10H2/b15-9-. The summed E-state index contributed by atoms with van der Waals surface area (Å²) in [6.07, 6.45) is 1.67. The molecular formula is C17H11ClINO2S. The van der Waals surface area contributed by atoms with E-state index in [0.717, 1.165) is 26.5 Å². The highest BCUT2D eigenvalue weighted by molar-refractivity contribution is 14.1. The quantitative estimate of drug-likeness (QED) is 0.473. The van der Waals surface area contributed by atoms with Crippen molar-refractivity contribution >= 4 is 63.2 Å². The Morgan fingerprint density at radius 2 is 1.78 bits per heavy atom. The van der Waals surface area contributed by atoms with E-state index in [9.17, 15) is 9.59 Å². The number of rotatable bonds is 3. The molecule has 1 heterocycles. The number of imide groups is 1. The molecule has 116 valence electrons. The van der Waals surface area contributed by atoms with E-state index < -0.39 is 0 Å². The van der Waals surface area contributed by atoms with Gasteiger partial charge in [-0.3, -0.25) is 14.5 Å². The van der Waals surface area contributed by atoms with Crippen molar-refractivity contribution in [2.45, 2.75) is 6.54 Å². The molecule has 0 saturated carbocycles. The predicted octanol–water partition coefficient (Wildman–Crippen LogP) is 5.18. The highest BCUT2D eigenvalue weighted by atomic mass is 127. The van der Waals surface area contributed by atoms with Gasteiger partial charge in [-0.1, -0.05) is 41.9 Å². The molecule has 2 aromatic rings. The Labute approximate surface area is 156 Å². The molecule has 1 aliphatic rings. The average molecular weight is 456 g/mol. The third kappa shape index (κ3) is 3.79. The fraction of sp³-hybridized carbons (Fsp3) is 0.0588. The second-order valence-corrected chi connectivity index (χ2v) is 7.56. The molecule has 1 aliphatic heterocycles. The topological polar surface area (TPSA) is 37.4 Å². The van der Waals surface area contributed by atoms with Gasteiger partial charge < -0.3 is 0 Å². The van der Waals surface area contributed by atoms with Gasteiger partial charge in [-0.15, -0.1) is 0 Å². The Morgan fingerprint density at radius 3 is 2.48 bits per heavy atom. The summed E-state index contributed by atoms with van der Waals surface area (Å²) < 4.78 is 1.11. The molecule has 0 aromatic heterocycles. The molecule has 2 amide bonds. The number of nitrogens with zero attached hydrogens (tertiary/aromatic N) is 1. The van der Waals surface area contributed by atoms with Crippen LogP contribution in [0.1, 0.15) is 11.1 Å². The first-order chi connectivity index (χ1) is 11.0. The summed E-state index contributed by atoms with van der Waals surface area (Å²) in [5.41, 5.74) is 1.65. The third-order valence-electron chi connectivity index (χ3n) is 3.32. The molecular weight excluding hydrogens is 445 g/mol. The molecule has 23 heavy (non-hydrogen) atoms. The van der Waals surface area contributed by atoms with Crippen LogP contribution in [0.3, 0.4) is 0 Å². The van der Waals surface area contributed by atoms with Gasteiger partial charge in [0.05, 0.1) is 11.4 Å². The van der Waals surface area contributed by atoms with Crippen molar-refractivity contribution in [2.75, 3.05) is 0 Å². The number of amides is 2. The minimum Gasteiger partial charge on any atom is -0.268 e. The summed E-state index contributed by atoms with van der Waals surface area (Å²) in [5, 5.41) is 0.295. The fourth-order valence-electron chi connectivity index (χ4n) is 2.14. The van der Waals surface area contributed by atoms with Crippen LogP contribution in [-0.2, 0) is 11.3 Å². The number of benzene rings is 2. The van der Waals surface area contributed by atoms with Gasteiger partial charge in [0.15, 0.2) is 0 Å². The highest BCUT2D eigenvalue weighted by Gasteiger charge is 2.35. The maximum absolute atomic E-state index is 12.5. The summed E-state index contributed by atoms with van der Waals surface area (Å²) >= 11 is 9.26. The van der Waals surface area contributed by atoms with E-state index in [0.29, 0.717) is 9.93 Å². The van der Waals surface area contributed by atoms with E-state index in [4.69, 9.17) is 11.6 Å². The molecule has 1 fully saturated rings. The van der Waals surface area contributed by atoms with Crippen LogP contribution >= 0.6 is 46.0 Å². The van der Waals surface area contributed by atoms with Crippen LogP contribution in [0.4, 0.5) is 4.79 Å². The SMILES string of the molecule is O=C1S/C(=C\c2ccccc2Cl)C(=O)N1Cc1ccc(I)cc1. The lowest BCUT2D eigenvalue weighted by Gasteiger charge is -2.12. The average Bonchev–Trinajstić information content (AvgIpc) is 2.79. The van der Waals surface area contributed by atoms with Crippen molar-refractivity contribution in [3.63, 3.8) is 0 Å². The summed E-state index contributed by atoms with van der Waals surface area (Å²) in [6.45, 7) is 0.279. The third-order valence-corrected chi connectivity index (χ3v) is 5.29. The smallest absolute Gasteiger partial charge is 0.268 e. The predicted molar refractivity (Wildman–Crippen MR) is 102 cm³/mol. The van der Waals surface area contributed by atoms with Crippen molar-refractivity contribution < 1.29 is 9.59 Å². The van der Waals surface area contributed by atoms with Gasteiger partial charge in [-0.25, -0.2) is 0 Å². The largest absolute Gasteiger partial charge is 0.293 e. The second kappa shape index (κ2) is 7.07. The lowest BCUT2D eigenvalue weighted by atomic mass is 10.2. The van der Waals surface area contributed by atoms with Crippen LogP contribution in [0.15, 0.2) is 53.4 Å². The molecule has 0 bridgehead atoms. The Bertz CT molecular complexity index is 804. The maximum Gasteiger partial charge on any atom is 0.293 e. The molecule has 6 heteroatoms. The Hall–Kier alpha value is -1.31. The molecule has 2 aromatic carbocycles. The van der Waals surface area contributed by atoms with E-state index in [1.807, 2.05) is 42.5 Å². The van der Waals surface area contributed by atoms with E-state index in [1.54, 1.807) is 12.1 Å². The zero-order valence-corrected chi connectivity index (χ0v) is 15.6. The van der Waals surface area contributed by atoms with Crippen LogP contribution in [-0.4, -0.2) is 16.0 Å². The van der Waals surface area contributed by atoms with Gasteiger partial charge in [0.2, 0.25) is 0 Å². The van der Waals surface area contributed by atoms with Crippen LogP contribution in [0.2, 0.25) is 5.02 Å². The zero-order valence-electron chi connectivity index (χ0n) is 11.8. The molecule has 3 nitrogen and oxygen atoms in total. The van der Waals surface area contributed by atoms with Crippen LogP contribution in [0.25, 0.3) is 6.08 Å². The summed E-state index contributed by atoms with van der Waals surface area (Å²) in [4.78, 5) is 26.3. The summed E-state index contributed by atoms with van der Waals surface area (Å²) in [6, 6.07) is 15.0. The molecule has 0 unspecified atom stereocenters. The fourth-order valence-corrected chi connectivity index (χ4v) is 3.52. The Kier molecular flexibility index (Phi) is 5.08. The number of hydrogen-bond acceptors (Lipinski definition) is 3. The van der Waals surface area contributed by atoms with E-state index >= 15 is 0 Å². The zero-order chi connectivity index (χ0) is 16.4.